The van der Waals surface area contributed by atoms with Crippen LogP contribution in [0.25, 0.3) is 10.8 Å². The van der Waals surface area contributed by atoms with Crippen molar-refractivity contribution in [3.63, 3.8) is 0 Å². The molecule has 3 rings (SSSR count). The highest BCUT2D eigenvalue weighted by Crippen LogP contribution is 2.20. The molecular formula is C19H19NO2S. The predicted molar refractivity (Wildman–Crippen MR) is 94.7 cm³/mol. The molecule has 0 aliphatic carbocycles. The van der Waals surface area contributed by atoms with Crippen molar-refractivity contribution >= 4 is 28.0 Å². The Balaban J connectivity index is 1.65. The van der Waals surface area contributed by atoms with Crippen molar-refractivity contribution < 1.29 is 9.53 Å². The molecule has 1 aromatic heterocycles. The molecule has 0 aliphatic rings. The van der Waals surface area contributed by atoms with Crippen molar-refractivity contribution in [3.8, 4) is 0 Å². The van der Waals surface area contributed by atoms with Crippen molar-refractivity contribution in [3.05, 3.63) is 70.4 Å². The molecule has 1 heterocycles. The lowest BCUT2D eigenvalue weighted by atomic mass is 10.0. The van der Waals surface area contributed by atoms with Gasteiger partial charge in [-0.05, 0) is 38.7 Å². The van der Waals surface area contributed by atoms with E-state index in [1.54, 1.807) is 18.4 Å². The molecule has 0 aliphatic heterocycles. The van der Waals surface area contributed by atoms with E-state index in [4.69, 9.17) is 4.74 Å². The van der Waals surface area contributed by atoms with Gasteiger partial charge in [-0.25, -0.2) is 0 Å². The number of hydrogen-bond donors (Lipinski definition) is 1. The Morgan fingerprint density at radius 2 is 2.00 bits per heavy atom. The maximum absolute atomic E-state index is 12.3. The van der Waals surface area contributed by atoms with Gasteiger partial charge >= 0.3 is 0 Å². The van der Waals surface area contributed by atoms with E-state index in [0.717, 1.165) is 21.9 Å². The summed E-state index contributed by atoms with van der Waals surface area (Å²) in [7, 11) is 1.67. The highest BCUT2D eigenvalue weighted by Gasteiger charge is 2.13. The van der Waals surface area contributed by atoms with Crippen LogP contribution in [0, 0.1) is 0 Å². The monoisotopic (exact) mass is 325 g/mol. The first-order valence-electron chi connectivity index (χ1n) is 7.56. The van der Waals surface area contributed by atoms with Crippen molar-refractivity contribution in [2.75, 3.05) is 13.7 Å². The van der Waals surface area contributed by atoms with Gasteiger partial charge in [-0.3, -0.25) is 4.79 Å². The summed E-state index contributed by atoms with van der Waals surface area (Å²) in [5.41, 5.74) is 2.15. The van der Waals surface area contributed by atoms with Gasteiger partial charge in [-0.15, -0.1) is 0 Å². The smallest absolute Gasteiger partial charge is 0.224 e. The van der Waals surface area contributed by atoms with Crippen molar-refractivity contribution in [1.29, 1.82) is 0 Å². The van der Waals surface area contributed by atoms with E-state index in [1.165, 1.54) is 0 Å². The van der Waals surface area contributed by atoms with E-state index in [2.05, 4.69) is 23.5 Å². The normalized spacial score (nSPS) is 12.2. The Bertz CT molecular complexity index is 778. The summed E-state index contributed by atoms with van der Waals surface area (Å²) in [6, 6.07) is 16.2. The zero-order valence-corrected chi connectivity index (χ0v) is 13.8. The largest absolute Gasteiger partial charge is 0.375 e. The number of ether oxygens (including phenoxy) is 1. The van der Waals surface area contributed by atoms with Crippen molar-refractivity contribution in [2.24, 2.45) is 0 Å². The van der Waals surface area contributed by atoms with Crippen LogP contribution in [0.3, 0.4) is 0 Å². The topological polar surface area (TPSA) is 38.3 Å². The number of carbonyl (C=O) groups is 1. The van der Waals surface area contributed by atoms with Gasteiger partial charge in [0.15, 0.2) is 0 Å². The predicted octanol–water partition coefficient (Wildman–Crippen LogP) is 3.95. The lowest BCUT2D eigenvalue weighted by Crippen LogP contribution is -2.30. The lowest BCUT2D eigenvalue weighted by Gasteiger charge is -2.15. The first-order chi connectivity index (χ1) is 11.3. The maximum Gasteiger partial charge on any atom is 0.224 e. The van der Waals surface area contributed by atoms with Gasteiger partial charge in [-0.2, -0.15) is 11.3 Å². The number of nitrogens with one attached hydrogen (secondary N) is 1. The summed E-state index contributed by atoms with van der Waals surface area (Å²) >= 11 is 1.63. The van der Waals surface area contributed by atoms with E-state index in [9.17, 15) is 4.79 Å². The summed E-state index contributed by atoms with van der Waals surface area (Å²) < 4.78 is 5.46. The van der Waals surface area contributed by atoms with Gasteiger partial charge in [-0.1, -0.05) is 42.5 Å². The third kappa shape index (κ3) is 3.78. The fraction of sp³-hybridized carbons (Fsp3) is 0.211. The summed E-state index contributed by atoms with van der Waals surface area (Å²) in [4.78, 5) is 12.3. The van der Waals surface area contributed by atoms with Gasteiger partial charge in [0, 0.05) is 13.7 Å². The average Bonchev–Trinajstić information content (AvgIpc) is 3.10. The van der Waals surface area contributed by atoms with Crippen LogP contribution in [0.2, 0.25) is 0 Å². The second kappa shape index (κ2) is 7.40. The van der Waals surface area contributed by atoms with Crippen LogP contribution in [-0.2, 0) is 16.0 Å². The van der Waals surface area contributed by atoms with Crippen LogP contribution in [-0.4, -0.2) is 19.6 Å². The minimum atomic E-state index is -0.0993. The Morgan fingerprint density at radius 1 is 1.17 bits per heavy atom. The Kier molecular flexibility index (Phi) is 5.05. The third-order valence-electron chi connectivity index (χ3n) is 3.92. The number of rotatable bonds is 6. The molecule has 0 bridgehead atoms. The minimum absolute atomic E-state index is 0.0126. The molecule has 118 valence electrons. The van der Waals surface area contributed by atoms with Gasteiger partial charge in [0.25, 0.3) is 0 Å². The maximum atomic E-state index is 12.3. The van der Waals surface area contributed by atoms with Crippen molar-refractivity contribution in [1.82, 2.24) is 5.32 Å². The lowest BCUT2D eigenvalue weighted by molar-refractivity contribution is -0.121. The fourth-order valence-corrected chi connectivity index (χ4v) is 3.39. The number of carbonyl (C=O) groups excluding carboxylic acids is 1. The van der Waals surface area contributed by atoms with Gasteiger partial charge in [0.2, 0.25) is 5.91 Å². The van der Waals surface area contributed by atoms with Crippen LogP contribution >= 0.6 is 11.3 Å². The number of hydrogen-bond acceptors (Lipinski definition) is 3. The quantitative estimate of drug-likeness (QED) is 0.745. The van der Waals surface area contributed by atoms with Crippen LogP contribution in [0.5, 0.6) is 0 Å². The SMILES string of the molecule is COC(CNC(=O)Cc1cccc2ccccc12)c1ccsc1. The Labute approximate surface area is 139 Å². The summed E-state index contributed by atoms with van der Waals surface area (Å²) in [5.74, 6) is 0.0126. The molecule has 0 saturated heterocycles. The first-order valence-corrected chi connectivity index (χ1v) is 8.50. The highest BCUT2D eigenvalue weighted by atomic mass is 32.1. The molecular weight excluding hydrogens is 306 g/mol. The molecule has 4 heteroatoms. The number of fused-ring (bicyclic) bond motifs is 1. The number of methoxy groups -OCH3 is 1. The van der Waals surface area contributed by atoms with E-state index < -0.39 is 0 Å². The van der Waals surface area contributed by atoms with E-state index >= 15 is 0 Å². The molecule has 2 aromatic carbocycles. The summed E-state index contributed by atoms with van der Waals surface area (Å²) in [6.45, 7) is 0.483. The Hall–Kier alpha value is -2.17. The van der Waals surface area contributed by atoms with E-state index in [0.29, 0.717) is 13.0 Å². The second-order valence-corrected chi connectivity index (χ2v) is 6.18. The minimum Gasteiger partial charge on any atom is -0.375 e. The van der Waals surface area contributed by atoms with Crippen LogP contribution < -0.4 is 5.32 Å². The first kappa shape index (κ1) is 15.7. The summed E-state index contributed by atoms with van der Waals surface area (Å²) in [6.07, 6.45) is 0.277. The molecule has 1 atom stereocenters. The fourth-order valence-electron chi connectivity index (χ4n) is 2.68. The molecule has 3 nitrogen and oxygen atoms in total. The third-order valence-corrected chi connectivity index (χ3v) is 4.62. The molecule has 0 spiro atoms. The van der Waals surface area contributed by atoms with Crippen LogP contribution in [0.1, 0.15) is 17.2 Å². The molecule has 0 radical (unpaired) electrons. The van der Waals surface area contributed by atoms with Gasteiger partial charge < -0.3 is 10.1 Å². The molecule has 0 fully saturated rings. The van der Waals surface area contributed by atoms with Gasteiger partial charge in [0.05, 0.1) is 6.42 Å². The molecule has 0 saturated carbocycles. The average molecular weight is 325 g/mol. The standard InChI is InChI=1S/C19H19NO2S/c1-22-18(16-9-10-23-13-16)12-20-19(21)11-15-7-4-6-14-5-2-3-8-17(14)15/h2-10,13,18H,11-12H2,1H3,(H,20,21). The number of amides is 1. The van der Waals surface area contributed by atoms with Gasteiger partial charge in [0.1, 0.15) is 6.10 Å². The van der Waals surface area contributed by atoms with Crippen molar-refractivity contribution in [2.45, 2.75) is 12.5 Å². The molecule has 1 N–H and O–H groups in total. The number of benzene rings is 2. The molecule has 1 amide bonds. The van der Waals surface area contributed by atoms with E-state index in [1.807, 2.05) is 41.1 Å². The van der Waals surface area contributed by atoms with Crippen LogP contribution in [0.4, 0.5) is 0 Å². The second-order valence-electron chi connectivity index (χ2n) is 5.40. The molecule has 1 unspecified atom stereocenters. The van der Waals surface area contributed by atoms with Crippen LogP contribution in [0.15, 0.2) is 59.3 Å². The highest BCUT2D eigenvalue weighted by molar-refractivity contribution is 7.07. The Morgan fingerprint density at radius 3 is 2.78 bits per heavy atom. The molecule has 23 heavy (non-hydrogen) atoms. The summed E-state index contributed by atoms with van der Waals surface area (Å²) in [5, 5.41) is 9.32. The molecule has 3 aromatic rings. The zero-order chi connectivity index (χ0) is 16.1. The van der Waals surface area contributed by atoms with E-state index in [-0.39, 0.29) is 12.0 Å². The number of thiophene rings is 1. The zero-order valence-electron chi connectivity index (χ0n) is 13.0.